The molecular formula is C19H25NO4. The molecule has 24 heavy (non-hydrogen) atoms. The largest absolute Gasteiger partial charge is 0.481 e. The molecule has 5 heteroatoms. The zero-order valence-electron chi connectivity index (χ0n) is 14.2. The number of hydrogen-bond donors (Lipinski definition) is 2. The fraction of sp³-hybridized carbons (Fsp3) is 0.737. The molecule has 3 aliphatic carbocycles. The van der Waals surface area contributed by atoms with Gasteiger partial charge in [0.15, 0.2) is 0 Å². The molecule has 0 unspecified atom stereocenters. The van der Waals surface area contributed by atoms with E-state index in [2.05, 4.69) is 12.2 Å². The van der Waals surface area contributed by atoms with Crippen LogP contribution in [0.2, 0.25) is 0 Å². The molecule has 3 saturated carbocycles. The number of carboxylic acids is 1. The van der Waals surface area contributed by atoms with Gasteiger partial charge in [0, 0.05) is 23.8 Å². The number of hydrogen-bond acceptors (Lipinski definition) is 3. The van der Waals surface area contributed by atoms with Crippen LogP contribution in [0.1, 0.15) is 46.0 Å². The smallest absolute Gasteiger partial charge is 0.307 e. The van der Waals surface area contributed by atoms with Crippen molar-refractivity contribution in [3.8, 4) is 0 Å². The van der Waals surface area contributed by atoms with Gasteiger partial charge in [0.1, 0.15) is 5.78 Å². The lowest BCUT2D eigenvalue weighted by molar-refractivity contribution is -0.156. The van der Waals surface area contributed by atoms with Gasteiger partial charge in [0.2, 0.25) is 5.91 Å². The van der Waals surface area contributed by atoms with E-state index >= 15 is 0 Å². The lowest BCUT2D eigenvalue weighted by Crippen LogP contribution is -2.62. The van der Waals surface area contributed by atoms with E-state index in [1.165, 1.54) is 0 Å². The molecule has 130 valence electrons. The molecular weight excluding hydrogens is 306 g/mol. The molecule has 0 bridgehead atoms. The average Bonchev–Trinajstić information content (AvgIpc) is 2.84. The summed E-state index contributed by atoms with van der Waals surface area (Å²) in [5.74, 6) is -0.600. The first-order valence-corrected chi connectivity index (χ1v) is 9.02. The molecule has 0 aromatic rings. The molecule has 1 amide bonds. The van der Waals surface area contributed by atoms with Crippen molar-refractivity contribution >= 4 is 17.7 Å². The maximum absolute atomic E-state index is 13.1. The van der Waals surface area contributed by atoms with Crippen molar-refractivity contribution in [3.05, 3.63) is 12.2 Å². The van der Waals surface area contributed by atoms with Crippen LogP contribution in [0, 0.1) is 34.5 Å². The Morgan fingerprint density at radius 2 is 1.96 bits per heavy atom. The van der Waals surface area contributed by atoms with Crippen LogP contribution in [0.3, 0.4) is 0 Å². The van der Waals surface area contributed by atoms with E-state index in [1.807, 2.05) is 13.0 Å². The summed E-state index contributed by atoms with van der Waals surface area (Å²) in [7, 11) is 0. The summed E-state index contributed by atoms with van der Waals surface area (Å²) in [6.45, 7) is 4.11. The number of carbonyl (C=O) groups excluding carboxylic acids is 2. The molecule has 5 nitrogen and oxygen atoms in total. The molecule has 0 aromatic heterocycles. The van der Waals surface area contributed by atoms with E-state index < -0.39 is 17.3 Å². The van der Waals surface area contributed by atoms with E-state index in [4.69, 9.17) is 0 Å². The van der Waals surface area contributed by atoms with Crippen LogP contribution in [0.4, 0.5) is 0 Å². The third kappa shape index (κ3) is 1.90. The molecule has 0 saturated heterocycles. The normalized spacial score (nSPS) is 49.8. The first-order valence-electron chi connectivity index (χ1n) is 9.02. The minimum absolute atomic E-state index is 0.0150. The highest BCUT2D eigenvalue weighted by Gasteiger charge is 2.63. The van der Waals surface area contributed by atoms with Crippen molar-refractivity contribution < 1.29 is 19.5 Å². The zero-order chi connectivity index (χ0) is 17.3. The molecule has 2 N–H and O–H groups in total. The Bertz CT molecular complexity index is 656. The third-order valence-corrected chi connectivity index (χ3v) is 7.67. The fourth-order valence-electron chi connectivity index (χ4n) is 6.57. The van der Waals surface area contributed by atoms with Crippen LogP contribution in [-0.4, -0.2) is 28.8 Å². The first kappa shape index (κ1) is 15.9. The van der Waals surface area contributed by atoms with Gasteiger partial charge in [0.25, 0.3) is 0 Å². The van der Waals surface area contributed by atoms with Crippen LogP contribution in [0.25, 0.3) is 0 Å². The summed E-state index contributed by atoms with van der Waals surface area (Å²) in [4.78, 5) is 36.5. The predicted octanol–water partition coefficient (Wildman–Crippen LogP) is 2.16. The van der Waals surface area contributed by atoms with Crippen molar-refractivity contribution in [1.82, 2.24) is 5.32 Å². The zero-order valence-corrected chi connectivity index (χ0v) is 14.2. The second-order valence-electron chi connectivity index (χ2n) is 8.70. The van der Waals surface area contributed by atoms with E-state index in [-0.39, 0.29) is 35.0 Å². The maximum atomic E-state index is 13.1. The van der Waals surface area contributed by atoms with Crippen LogP contribution in [0.5, 0.6) is 0 Å². The molecule has 4 rings (SSSR count). The fourth-order valence-corrected chi connectivity index (χ4v) is 6.57. The van der Waals surface area contributed by atoms with Crippen LogP contribution < -0.4 is 5.32 Å². The Kier molecular flexibility index (Phi) is 3.26. The van der Waals surface area contributed by atoms with E-state index in [0.717, 1.165) is 19.3 Å². The quantitative estimate of drug-likeness (QED) is 0.771. The number of amides is 1. The molecule has 4 aliphatic rings. The van der Waals surface area contributed by atoms with Gasteiger partial charge >= 0.3 is 5.97 Å². The second-order valence-corrected chi connectivity index (χ2v) is 8.70. The molecule has 7 atom stereocenters. The molecule has 0 radical (unpaired) electrons. The Morgan fingerprint density at radius 1 is 1.21 bits per heavy atom. The number of fused-ring (bicyclic) bond motifs is 5. The number of carbonyl (C=O) groups is 3. The Balaban J connectivity index is 1.73. The maximum Gasteiger partial charge on any atom is 0.307 e. The van der Waals surface area contributed by atoms with Gasteiger partial charge in [-0.2, -0.15) is 0 Å². The Hall–Kier alpha value is -1.65. The molecule has 1 heterocycles. The lowest BCUT2D eigenvalue weighted by Gasteiger charge is -2.57. The molecule has 3 fully saturated rings. The molecule has 0 spiro atoms. The third-order valence-electron chi connectivity index (χ3n) is 7.67. The van der Waals surface area contributed by atoms with Gasteiger partial charge in [-0.1, -0.05) is 19.9 Å². The van der Waals surface area contributed by atoms with E-state index in [0.29, 0.717) is 18.8 Å². The molecule has 1 aliphatic heterocycles. The van der Waals surface area contributed by atoms with Gasteiger partial charge in [-0.05, 0) is 49.0 Å². The van der Waals surface area contributed by atoms with Crippen molar-refractivity contribution in [2.75, 3.05) is 0 Å². The highest BCUT2D eigenvalue weighted by Crippen LogP contribution is 2.63. The van der Waals surface area contributed by atoms with Gasteiger partial charge in [-0.3, -0.25) is 14.4 Å². The highest BCUT2D eigenvalue weighted by molar-refractivity contribution is 5.91. The lowest BCUT2D eigenvalue weighted by atomic mass is 9.47. The van der Waals surface area contributed by atoms with Gasteiger partial charge in [0.05, 0.1) is 5.92 Å². The molecule has 0 aromatic carbocycles. The summed E-state index contributed by atoms with van der Waals surface area (Å²) < 4.78 is 0. The highest BCUT2D eigenvalue weighted by atomic mass is 16.4. The number of ketones is 1. The number of rotatable bonds is 1. The minimum Gasteiger partial charge on any atom is -0.481 e. The standard InChI is InChI=1S/C19H25NO4/c1-18-8-7-15(22)20-14(18)6-3-10-11-4-5-12(17(23)24)19(11,2)9-13(21)16(10)18/h7-8,10-12,14,16H,3-6,9H2,1-2H3,(H,20,22)(H,23,24)/t10-,11-,12+,14+,16+,18-,19-/m0/s1. The van der Waals surface area contributed by atoms with E-state index in [9.17, 15) is 19.5 Å². The average molecular weight is 331 g/mol. The van der Waals surface area contributed by atoms with Crippen LogP contribution >= 0.6 is 0 Å². The van der Waals surface area contributed by atoms with E-state index in [1.54, 1.807) is 6.08 Å². The van der Waals surface area contributed by atoms with Gasteiger partial charge < -0.3 is 10.4 Å². The summed E-state index contributed by atoms with van der Waals surface area (Å²) >= 11 is 0. The van der Waals surface area contributed by atoms with Crippen molar-refractivity contribution in [2.45, 2.75) is 52.0 Å². The van der Waals surface area contributed by atoms with Crippen molar-refractivity contribution in [2.24, 2.45) is 34.5 Å². The van der Waals surface area contributed by atoms with Crippen LogP contribution in [0.15, 0.2) is 12.2 Å². The number of nitrogens with one attached hydrogen (secondary N) is 1. The SMILES string of the molecule is C[C@]12C=CC(=O)N[C@@H]1CC[C@@H]1[C@@H]2C(=O)C[C@]2(C)[C@@H](C(=O)O)CC[C@@H]12. The van der Waals surface area contributed by atoms with Crippen molar-refractivity contribution in [1.29, 1.82) is 0 Å². The monoisotopic (exact) mass is 331 g/mol. The summed E-state index contributed by atoms with van der Waals surface area (Å²) in [6.07, 6.45) is 7.22. The second kappa shape index (κ2) is 4.93. The summed E-state index contributed by atoms with van der Waals surface area (Å²) in [5.41, 5.74) is -0.745. The van der Waals surface area contributed by atoms with Crippen LogP contribution in [-0.2, 0) is 14.4 Å². The first-order chi connectivity index (χ1) is 11.3. The topological polar surface area (TPSA) is 83.5 Å². The predicted molar refractivity (Wildman–Crippen MR) is 87.0 cm³/mol. The summed E-state index contributed by atoms with van der Waals surface area (Å²) in [6, 6.07) is 0.0150. The Labute approximate surface area is 141 Å². The van der Waals surface area contributed by atoms with Gasteiger partial charge in [-0.15, -0.1) is 0 Å². The summed E-state index contributed by atoms with van der Waals surface area (Å²) in [5, 5.41) is 12.6. The minimum atomic E-state index is -0.754. The number of carboxylic acid groups (broad SMARTS) is 1. The van der Waals surface area contributed by atoms with Gasteiger partial charge in [-0.25, -0.2) is 0 Å². The van der Waals surface area contributed by atoms with Crippen molar-refractivity contribution in [3.63, 3.8) is 0 Å². The number of aliphatic carboxylic acids is 1. The Morgan fingerprint density at radius 3 is 2.67 bits per heavy atom. The number of Topliss-reactive ketones (excluding diaryl/α,β-unsaturated/α-hetero) is 1.